The van der Waals surface area contributed by atoms with Gasteiger partial charge in [-0.1, -0.05) is 6.42 Å². The van der Waals surface area contributed by atoms with Crippen LogP contribution in [-0.4, -0.2) is 34.7 Å². The number of carboxylic acid groups (broad SMARTS) is 2. The number of carbonyl (C=O) groups is 4. The Bertz CT molecular complexity index is 262. The van der Waals surface area contributed by atoms with E-state index in [1.807, 2.05) is 0 Å². The van der Waals surface area contributed by atoms with Gasteiger partial charge in [0.15, 0.2) is 0 Å². The topological polar surface area (TPSA) is 109 Å². The largest absolute Gasteiger partial charge is 0.481 e. The summed E-state index contributed by atoms with van der Waals surface area (Å²) in [7, 11) is 0. The molecule has 0 unspecified atom stereocenters. The standard InChI is InChI=1S/C7H12O3.C6H10O3/c8-6-4-2-1-3-5-7(9)10;7-5-3-1-2-4-6(8)9/h6H,1-5H2,(H,9,10);5H,1-4H2,(H,8,9). The average molecular weight is 274 g/mol. The number of aldehydes is 2. The Hall–Kier alpha value is -1.72. The maximum atomic E-state index is 9.96. The first-order chi connectivity index (χ1) is 9.04. The molecular formula is C13H22O6. The number of aliphatic carboxylic acids is 2. The minimum atomic E-state index is -0.791. The number of hydrogen-bond acceptors (Lipinski definition) is 4. The molecule has 0 aliphatic heterocycles. The van der Waals surface area contributed by atoms with E-state index in [-0.39, 0.29) is 12.8 Å². The molecule has 0 rings (SSSR count). The molecule has 0 saturated carbocycles. The van der Waals surface area contributed by atoms with E-state index in [4.69, 9.17) is 10.2 Å². The molecule has 0 heterocycles. The first-order valence-electron chi connectivity index (χ1n) is 6.35. The molecule has 0 bridgehead atoms. The van der Waals surface area contributed by atoms with E-state index in [0.717, 1.165) is 25.4 Å². The van der Waals surface area contributed by atoms with Crippen molar-refractivity contribution in [3.05, 3.63) is 0 Å². The Kier molecular flexibility index (Phi) is 16.8. The van der Waals surface area contributed by atoms with Gasteiger partial charge < -0.3 is 19.8 Å². The molecule has 2 N–H and O–H groups in total. The van der Waals surface area contributed by atoms with Gasteiger partial charge in [-0.15, -0.1) is 0 Å². The fourth-order valence-corrected chi connectivity index (χ4v) is 1.18. The highest BCUT2D eigenvalue weighted by Crippen LogP contribution is 2.00. The number of hydrogen-bond donors (Lipinski definition) is 2. The minimum absolute atomic E-state index is 0.174. The molecule has 0 aromatic rings. The third-order valence-corrected chi connectivity index (χ3v) is 2.18. The molecule has 0 saturated heterocycles. The number of carboxylic acids is 2. The number of unbranched alkanes of at least 4 members (excludes halogenated alkanes) is 5. The van der Waals surface area contributed by atoms with E-state index >= 15 is 0 Å². The summed E-state index contributed by atoms with van der Waals surface area (Å²) in [6.07, 6.45) is 6.73. The monoisotopic (exact) mass is 274 g/mol. The first kappa shape index (κ1) is 19.6. The van der Waals surface area contributed by atoms with Crippen LogP contribution in [0.25, 0.3) is 0 Å². The van der Waals surface area contributed by atoms with Gasteiger partial charge in [-0.2, -0.15) is 0 Å². The second kappa shape index (κ2) is 16.3. The zero-order valence-electron chi connectivity index (χ0n) is 11.0. The summed E-state index contributed by atoms with van der Waals surface area (Å²) >= 11 is 0. The zero-order chi connectivity index (χ0) is 14.9. The molecular weight excluding hydrogens is 252 g/mol. The molecule has 110 valence electrons. The van der Waals surface area contributed by atoms with Gasteiger partial charge in [0, 0.05) is 25.7 Å². The SMILES string of the molecule is O=CCCCCC(=O)O.O=CCCCCCC(=O)O. The van der Waals surface area contributed by atoms with Gasteiger partial charge in [-0.05, 0) is 25.7 Å². The van der Waals surface area contributed by atoms with Crippen LogP contribution in [0.2, 0.25) is 0 Å². The summed E-state index contributed by atoms with van der Waals surface area (Å²) < 4.78 is 0. The molecule has 0 amide bonds. The van der Waals surface area contributed by atoms with Crippen molar-refractivity contribution in [2.45, 2.75) is 57.8 Å². The predicted molar refractivity (Wildman–Crippen MR) is 69.0 cm³/mol. The fraction of sp³-hybridized carbons (Fsp3) is 0.692. The lowest BCUT2D eigenvalue weighted by Gasteiger charge is -1.92. The Balaban J connectivity index is 0. The molecule has 0 aliphatic rings. The van der Waals surface area contributed by atoms with Gasteiger partial charge in [0.25, 0.3) is 0 Å². The number of carbonyl (C=O) groups excluding carboxylic acids is 2. The van der Waals surface area contributed by atoms with Crippen molar-refractivity contribution in [1.82, 2.24) is 0 Å². The van der Waals surface area contributed by atoms with Crippen molar-refractivity contribution in [3.8, 4) is 0 Å². The van der Waals surface area contributed by atoms with E-state index in [9.17, 15) is 19.2 Å². The highest BCUT2D eigenvalue weighted by molar-refractivity contribution is 5.66. The van der Waals surface area contributed by atoms with Crippen molar-refractivity contribution in [2.24, 2.45) is 0 Å². The molecule has 6 nitrogen and oxygen atoms in total. The van der Waals surface area contributed by atoms with Crippen LogP contribution >= 0.6 is 0 Å². The highest BCUT2D eigenvalue weighted by atomic mass is 16.4. The lowest BCUT2D eigenvalue weighted by atomic mass is 10.1. The Labute approximate surface area is 112 Å². The molecule has 0 atom stereocenters. The van der Waals surface area contributed by atoms with Gasteiger partial charge in [0.05, 0.1) is 0 Å². The van der Waals surface area contributed by atoms with Crippen molar-refractivity contribution in [2.75, 3.05) is 0 Å². The second-order valence-electron chi connectivity index (χ2n) is 3.97. The molecule has 0 aromatic heterocycles. The van der Waals surface area contributed by atoms with Gasteiger partial charge >= 0.3 is 11.9 Å². The predicted octanol–water partition coefficient (Wildman–Crippen LogP) is 2.05. The maximum absolute atomic E-state index is 9.96. The molecule has 0 radical (unpaired) electrons. The van der Waals surface area contributed by atoms with Crippen LogP contribution in [0, 0.1) is 0 Å². The van der Waals surface area contributed by atoms with Crippen LogP contribution in [0.1, 0.15) is 57.8 Å². The molecule has 0 aliphatic carbocycles. The second-order valence-corrected chi connectivity index (χ2v) is 3.97. The van der Waals surface area contributed by atoms with Crippen LogP contribution in [0.3, 0.4) is 0 Å². The summed E-state index contributed by atoms with van der Waals surface area (Å²) in [6, 6.07) is 0. The highest BCUT2D eigenvalue weighted by Gasteiger charge is 1.95. The Morgan fingerprint density at radius 3 is 1.42 bits per heavy atom. The van der Waals surface area contributed by atoms with Crippen LogP contribution in [0.15, 0.2) is 0 Å². The maximum Gasteiger partial charge on any atom is 0.303 e. The zero-order valence-corrected chi connectivity index (χ0v) is 11.0. The van der Waals surface area contributed by atoms with Crippen LogP contribution < -0.4 is 0 Å². The lowest BCUT2D eigenvalue weighted by Crippen LogP contribution is -1.93. The molecule has 19 heavy (non-hydrogen) atoms. The Morgan fingerprint density at radius 2 is 1.05 bits per heavy atom. The lowest BCUT2D eigenvalue weighted by molar-refractivity contribution is -0.138. The summed E-state index contributed by atoms with van der Waals surface area (Å²) in [5.74, 6) is -1.55. The average Bonchev–Trinajstić information content (AvgIpc) is 2.35. The van der Waals surface area contributed by atoms with E-state index in [1.165, 1.54) is 0 Å². The third kappa shape index (κ3) is 26.1. The van der Waals surface area contributed by atoms with Gasteiger partial charge in [-0.25, -0.2) is 0 Å². The van der Waals surface area contributed by atoms with E-state index < -0.39 is 11.9 Å². The van der Waals surface area contributed by atoms with Crippen LogP contribution in [0.5, 0.6) is 0 Å². The summed E-state index contributed by atoms with van der Waals surface area (Å²) in [4.78, 5) is 39.3. The van der Waals surface area contributed by atoms with Crippen LogP contribution in [0.4, 0.5) is 0 Å². The summed E-state index contributed by atoms with van der Waals surface area (Å²) in [6.45, 7) is 0. The van der Waals surface area contributed by atoms with Gasteiger partial charge in [-0.3, -0.25) is 9.59 Å². The summed E-state index contributed by atoms with van der Waals surface area (Å²) in [5.41, 5.74) is 0. The third-order valence-electron chi connectivity index (χ3n) is 2.18. The molecule has 0 aromatic carbocycles. The van der Waals surface area contributed by atoms with Crippen molar-refractivity contribution < 1.29 is 29.4 Å². The molecule has 6 heteroatoms. The Morgan fingerprint density at radius 1 is 0.684 bits per heavy atom. The fourth-order valence-electron chi connectivity index (χ4n) is 1.18. The molecule has 0 spiro atoms. The molecule has 0 fully saturated rings. The smallest absolute Gasteiger partial charge is 0.303 e. The van der Waals surface area contributed by atoms with Crippen molar-refractivity contribution >= 4 is 24.5 Å². The minimum Gasteiger partial charge on any atom is -0.481 e. The first-order valence-corrected chi connectivity index (χ1v) is 6.35. The van der Waals surface area contributed by atoms with Crippen molar-refractivity contribution in [1.29, 1.82) is 0 Å². The van der Waals surface area contributed by atoms with Gasteiger partial charge in [0.2, 0.25) is 0 Å². The van der Waals surface area contributed by atoms with Crippen molar-refractivity contribution in [3.63, 3.8) is 0 Å². The summed E-state index contributed by atoms with van der Waals surface area (Å²) in [5, 5.41) is 16.3. The van der Waals surface area contributed by atoms with E-state index in [0.29, 0.717) is 32.1 Å². The van der Waals surface area contributed by atoms with E-state index in [2.05, 4.69) is 0 Å². The number of rotatable bonds is 11. The van der Waals surface area contributed by atoms with Crippen LogP contribution in [-0.2, 0) is 19.2 Å². The quantitative estimate of drug-likeness (QED) is 0.441. The van der Waals surface area contributed by atoms with E-state index in [1.54, 1.807) is 0 Å². The van der Waals surface area contributed by atoms with Gasteiger partial charge in [0.1, 0.15) is 12.6 Å². The normalized spacial score (nSPS) is 9.05.